The van der Waals surface area contributed by atoms with E-state index in [1.165, 1.54) is 30.5 Å². The number of carboxylic acids is 1. The summed E-state index contributed by atoms with van der Waals surface area (Å²) in [6, 6.07) is 18.8. The van der Waals surface area contributed by atoms with Gasteiger partial charge in [0.2, 0.25) is 0 Å². The van der Waals surface area contributed by atoms with Crippen LogP contribution < -0.4 is 0 Å². The maximum Gasteiger partial charge on any atom is 0.416 e. The number of carboxylic acid groups (broad SMARTS) is 1. The molecule has 9 heteroatoms. The molecule has 1 heterocycles. The molecule has 0 radical (unpaired) electrons. The van der Waals surface area contributed by atoms with Crippen LogP contribution in [0, 0.1) is 12.7 Å². The van der Waals surface area contributed by atoms with Crippen LogP contribution in [0.2, 0.25) is 0 Å². The molecular weight excluding hydrogens is 500 g/mol. The first-order chi connectivity index (χ1) is 18.1. The second-order valence-electron chi connectivity index (χ2n) is 8.70. The molecule has 0 aliphatic rings. The minimum atomic E-state index is -4.61. The van der Waals surface area contributed by atoms with Gasteiger partial charge >= 0.3 is 12.1 Å². The van der Waals surface area contributed by atoms with Gasteiger partial charge in [-0.1, -0.05) is 53.7 Å². The number of alkyl halides is 3. The highest BCUT2D eigenvalue weighted by Crippen LogP contribution is 2.40. The van der Waals surface area contributed by atoms with Crippen molar-refractivity contribution in [2.24, 2.45) is 5.16 Å². The van der Waals surface area contributed by atoms with Gasteiger partial charge in [0.1, 0.15) is 5.82 Å². The lowest BCUT2D eigenvalue weighted by Crippen LogP contribution is -2.16. The Bertz CT molecular complexity index is 1500. The Hall–Kier alpha value is -4.53. The summed E-state index contributed by atoms with van der Waals surface area (Å²) in [5, 5.41) is 22.2. The van der Waals surface area contributed by atoms with E-state index in [0.717, 1.165) is 18.2 Å². The van der Waals surface area contributed by atoms with Crippen molar-refractivity contribution in [3.63, 3.8) is 0 Å². The van der Waals surface area contributed by atoms with Crippen LogP contribution >= 0.6 is 0 Å². The fourth-order valence-corrected chi connectivity index (χ4v) is 4.38. The Balaban J connectivity index is 1.78. The van der Waals surface area contributed by atoms with Crippen molar-refractivity contribution in [2.75, 3.05) is 0 Å². The molecule has 38 heavy (non-hydrogen) atoms. The normalized spacial score (nSPS) is 12.8. The molecule has 1 aromatic heterocycles. The molecular formula is C29H22F4N2O3. The number of pyridine rings is 1. The molecule has 0 fully saturated rings. The van der Waals surface area contributed by atoms with Crippen LogP contribution in [0.4, 0.5) is 17.6 Å². The van der Waals surface area contributed by atoms with Crippen LogP contribution in [0.15, 0.2) is 90.2 Å². The maximum atomic E-state index is 14.2. The molecule has 1 atom stereocenters. The number of rotatable bonds is 7. The molecule has 0 aliphatic heterocycles. The minimum absolute atomic E-state index is 0.0107. The van der Waals surface area contributed by atoms with Gasteiger partial charge in [-0.05, 0) is 59.5 Å². The van der Waals surface area contributed by atoms with Crippen LogP contribution in [0.5, 0.6) is 0 Å². The Kier molecular flexibility index (Phi) is 7.57. The summed E-state index contributed by atoms with van der Waals surface area (Å²) in [6.07, 6.45) is -3.13. The summed E-state index contributed by atoms with van der Waals surface area (Å²) < 4.78 is 56.1. The van der Waals surface area contributed by atoms with Crippen molar-refractivity contribution in [3.05, 3.63) is 124 Å². The molecule has 0 bridgehead atoms. The van der Waals surface area contributed by atoms with Crippen LogP contribution in [0.25, 0.3) is 11.1 Å². The highest BCUT2D eigenvalue weighted by molar-refractivity contribution is 6.01. The fraction of sp³-hybridized carbons (Fsp3) is 0.138. The number of hydrogen-bond donors (Lipinski definition) is 2. The molecule has 1 unspecified atom stereocenters. The highest BCUT2D eigenvalue weighted by Gasteiger charge is 2.35. The van der Waals surface area contributed by atoms with E-state index in [1.807, 2.05) is 0 Å². The molecule has 0 aliphatic carbocycles. The van der Waals surface area contributed by atoms with Crippen molar-refractivity contribution < 1.29 is 32.7 Å². The average Bonchev–Trinajstić information content (AvgIpc) is 2.89. The molecule has 5 nitrogen and oxygen atoms in total. The number of hydrogen-bond acceptors (Lipinski definition) is 4. The van der Waals surface area contributed by atoms with Crippen molar-refractivity contribution in [1.29, 1.82) is 0 Å². The van der Waals surface area contributed by atoms with Crippen molar-refractivity contribution in [1.82, 2.24) is 4.98 Å². The van der Waals surface area contributed by atoms with Gasteiger partial charge < -0.3 is 10.3 Å². The van der Waals surface area contributed by atoms with Crippen molar-refractivity contribution in [3.8, 4) is 11.1 Å². The van der Waals surface area contributed by atoms with Crippen molar-refractivity contribution >= 4 is 11.7 Å². The topological polar surface area (TPSA) is 82.8 Å². The molecule has 2 N–H and O–H groups in total. The number of halogens is 4. The maximum absolute atomic E-state index is 14.2. The zero-order chi connectivity index (χ0) is 27.4. The summed E-state index contributed by atoms with van der Waals surface area (Å²) in [7, 11) is 0. The second-order valence-corrected chi connectivity index (χ2v) is 8.70. The van der Waals surface area contributed by atoms with Gasteiger partial charge in [0, 0.05) is 29.8 Å². The summed E-state index contributed by atoms with van der Waals surface area (Å²) in [5.74, 6) is -3.12. The standard InChI is InChI=1S/C29H22F4N2O3/c1-17-14-21(12-13-34-17)27(35-38)16-24(22-4-2-3-5-25(22)29(31,32)33)19-8-6-18(7-9-19)20-10-11-23(28(36)37)26(30)15-20/h2-15,24,38H,16H2,1H3,(H,36,37). The Labute approximate surface area is 215 Å². The van der Waals surface area contributed by atoms with Crippen LogP contribution in [0.3, 0.4) is 0 Å². The number of aromatic nitrogens is 1. The van der Waals surface area contributed by atoms with Crippen LogP contribution in [-0.4, -0.2) is 27.0 Å². The Morgan fingerprint density at radius 1 is 0.974 bits per heavy atom. The first-order valence-corrected chi connectivity index (χ1v) is 11.5. The Morgan fingerprint density at radius 2 is 1.66 bits per heavy atom. The molecule has 4 rings (SSSR count). The van der Waals surface area contributed by atoms with Gasteiger partial charge in [0.15, 0.2) is 0 Å². The van der Waals surface area contributed by atoms with E-state index in [4.69, 9.17) is 5.11 Å². The van der Waals surface area contributed by atoms with E-state index in [2.05, 4.69) is 10.1 Å². The largest absolute Gasteiger partial charge is 0.478 e. The molecule has 0 amide bonds. The number of benzene rings is 3. The number of oxime groups is 1. The van der Waals surface area contributed by atoms with Gasteiger partial charge in [-0.3, -0.25) is 4.98 Å². The molecule has 3 aromatic carbocycles. The molecule has 4 aromatic rings. The van der Waals surface area contributed by atoms with E-state index in [1.54, 1.807) is 43.3 Å². The summed E-state index contributed by atoms with van der Waals surface area (Å²) in [6.45, 7) is 1.75. The Morgan fingerprint density at radius 3 is 2.26 bits per heavy atom. The van der Waals surface area contributed by atoms with Crippen LogP contribution in [0.1, 0.15) is 50.6 Å². The van der Waals surface area contributed by atoms with Gasteiger partial charge in [0.25, 0.3) is 0 Å². The van der Waals surface area contributed by atoms with Gasteiger partial charge in [0.05, 0.1) is 16.8 Å². The molecule has 0 saturated carbocycles. The number of carbonyl (C=O) groups is 1. The fourth-order valence-electron chi connectivity index (χ4n) is 4.38. The lowest BCUT2D eigenvalue weighted by atomic mass is 9.82. The number of aromatic carboxylic acids is 1. The van der Waals surface area contributed by atoms with Gasteiger partial charge in [-0.2, -0.15) is 13.2 Å². The lowest BCUT2D eigenvalue weighted by Gasteiger charge is -2.23. The molecule has 194 valence electrons. The van der Waals surface area contributed by atoms with Crippen molar-refractivity contribution in [2.45, 2.75) is 25.4 Å². The number of aryl methyl sites for hydroxylation is 1. The third-order valence-corrected chi connectivity index (χ3v) is 6.24. The first kappa shape index (κ1) is 26.5. The van der Waals surface area contributed by atoms with E-state index >= 15 is 0 Å². The second kappa shape index (κ2) is 10.8. The van der Waals surface area contributed by atoms with E-state index < -0.39 is 35.0 Å². The van der Waals surface area contributed by atoms with Gasteiger partial charge in [-0.15, -0.1) is 0 Å². The van der Waals surface area contributed by atoms with Gasteiger partial charge in [-0.25, -0.2) is 9.18 Å². The molecule has 0 saturated heterocycles. The third kappa shape index (κ3) is 5.72. The zero-order valence-electron chi connectivity index (χ0n) is 20.1. The van der Waals surface area contributed by atoms with E-state index in [-0.39, 0.29) is 17.7 Å². The molecule has 0 spiro atoms. The SMILES string of the molecule is Cc1cc(C(CC(c2ccc(-c3ccc(C(=O)O)c(F)c3)cc2)c2ccccc2C(F)(F)F)=NO)ccn1. The average molecular weight is 522 g/mol. The third-order valence-electron chi connectivity index (χ3n) is 6.24. The van der Waals surface area contributed by atoms with E-state index in [0.29, 0.717) is 27.9 Å². The number of nitrogens with zero attached hydrogens (tertiary/aromatic N) is 2. The predicted octanol–water partition coefficient (Wildman–Crippen LogP) is 7.31. The minimum Gasteiger partial charge on any atom is -0.478 e. The van der Waals surface area contributed by atoms with Crippen LogP contribution in [-0.2, 0) is 6.18 Å². The quantitative estimate of drug-likeness (QED) is 0.115. The monoisotopic (exact) mass is 522 g/mol. The lowest BCUT2D eigenvalue weighted by molar-refractivity contribution is -0.138. The smallest absolute Gasteiger partial charge is 0.416 e. The zero-order valence-corrected chi connectivity index (χ0v) is 20.1. The first-order valence-electron chi connectivity index (χ1n) is 11.5. The summed E-state index contributed by atoms with van der Waals surface area (Å²) >= 11 is 0. The summed E-state index contributed by atoms with van der Waals surface area (Å²) in [4.78, 5) is 15.2. The predicted molar refractivity (Wildman–Crippen MR) is 134 cm³/mol. The highest BCUT2D eigenvalue weighted by atomic mass is 19.4. The van der Waals surface area contributed by atoms with E-state index in [9.17, 15) is 27.6 Å². The summed E-state index contributed by atoms with van der Waals surface area (Å²) in [5.41, 5.74) is 1.59.